The Labute approximate surface area is 193 Å². The molecule has 0 aliphatic carbocycles. The van der Waals surface area contributed by atoms with Crippen molar-refractivity contribution < 1.29 is 18.4 Å². The summed E-state index contributed by atoms with van der Waals surface area (Å²) < 4.78 is 33.1. The monoisotopic (exact) mass is 472 g/mol. The summed E-state index contributed by atoms with van der Waals surface area (Å²) in [6.45, 7) is 4.63. The van der Waals surface area contributed by atoms with Gasteiger partial charge in [0.05, 0.1) is 11.7 Å². The van der Waals surface area contributed by atoms with Gasteiger partial charge in [0.1, 0.15) is 5.82 Å². The Morgan fingerprint density at radius 1 is 1.18 bits per heavy atom. The predicted molar refractivity (Wildman–Crippen MR) is 118 cm³/mol. The van der Waals surface area contributed by atoms with Crippen LogP contribution in [0.1, 0.15) is 60.8 Å². The highest BCUT2D eigenvalue weighted by molar-refractivity contribution is 7.09. The lowest BCUT2D eigenvalue weighted by atomic mass is 10.1. The van der Waals surface area contributed by atoms with Crippen LogP contribution in [0.3, 0.4) is 0 Å². The smallest absolute Gasteiger partial charge is 0.254 e. The van der Waals surface area contributed by atoms with Crippen molar-refractivity contribution >= 4 is 29.2 Å². The zero-order valence-corrected chi connectivity index (χ0v) is 19.0. The van der Waals surface area contributed by atoms with Crippen LogP contribution in [0, 0.1) is 5.82 Å². The molecule has 0 saturated carbocycles. The van der Waals surface area contributed by atoms with E-state index in [2.05, 4.69) is 9.36 Å². The number of carbonyl (C=O) groups is 2. The first-order chi connectivity index (χ1) is 15.8. The highest BCUT2D eigenvalue weighted by Gasteiger charge is 2.38. The first kappa shape index (κ1) is 21.6. The van der Waals surface area contributed by atoms with E-state index >= 15 is 0 Å². The van der Waals surface area contributed by atoms with Gasteiger partial charge in [-0.25, -0.2) is 18.7 Å². The number of hydrogen-bond acceptors (Lipinski definition) is 6. The maximum absolute atomic E-state index is 13.7. The zero-order chi connectivity index (χ0) is 23.3. The molecule has 2 amide bonds. The second-order valence-corrected chi connectivity index (χ2v) is 8.95. The Morgan fingerprint density at radius 2 is 1.94 bits per heavy atom. The molecule has 2 aliphatic rings. The van der Waals surface area contributed by atoms with E-state index in [1.54, 1.807) is 9.80 Å². The van der Waals surface area contributed by atoms with Crippen LogP contribution < -0.4 is 4.90 Å². The van der Waals surface area contributed by atoms with E-state index in [0.29, 0.717) is 48.3 Å². The van der Waals surface area contributed by atoms with E-state index in [1.165, 1.54) is 31.2 Å². The molecular weight excluding hydrogens is 450 g/mol. The SMILES string of the molecule is C[C@H](F)c1nsc(-c2nc(N3CCCC3=O)c3n2CCN(C(=O)c2ccc(F)cc2)[C@H]3C)n1. The summed E-state index contributed by atoms with van der Waals surface area (Å²) in [5.41, 5.74) is 1.12. The molecule has 2 atom stereocenters. The lowest BCUT2D eigenvalue weighted by Crippen LogP contribution is -2.42. The van der Waals surface area contributed by atoms with E-state index in [1.807, 2.05) is 11.5 Å². The first-order valence-corrected chi connectivity index (χ1v) is 11.6. The van der Waals surface area contributed by atoms with Gasteiger partial charge in [-0.05, 0) is 56.1 Å². The number of fused-ring (bicyclic) bond motifs is 1. The fourth-order valence-corrected chi connectivity index (χ4v) is 5.14. The number of alkyl halides is 1. The van der Waals surface area contributed by atoms with Crippen LogP contribution >= 0.6 is 11.5 Å². The third-order valence-corrected chi connectivity index (χ3v) is 6.81. The average molecular weight is 473 g/mol. The second kappa shape index (κ2) is 8.29. The van der Waals surface area contributed by atoms with Crippen molar-refractivity contribution in [3.05, 3.63) is 47.2 Å². The van der Waals surface area contributed by atoms with Gasteiger partial charge in [0.25, 0.3) is 5.91 Å². The van der Waals surface area contributed by atoms with E-state index in [4.69, 9.17) is 4.98 Å². The van der Waals surface area contributed by atoms with Crippen LogP contribution in [0.4, 0.5) is 14.6 Å². The number of nitrogens with zero attached hydrogens (tertiary/aromatic N) is 6. The van der Waals surface area contributed by atoms with Gasteiger partial charge in [-0.1, -0.05) is 0 Å². The number of imidazole rings is 1. The van der Waals surface area contributed by atoms with Crippen LogP contribution in [0.2, 0.25) is 0 Å². The minimum atomic E-state index is -1.30. The van der Waals surface area contributed by atoms with E-state index < -0.39 is 18.0 Å². The summed E-state index contributed by atoms with van der Waals surface area (Å²) in [6, 6.07) is 5.06. The molecule has 8 nitrogen and oxygen atoms in total. The Morgan fingerprint density at radius 3 is 2.58 bits per heavy atom. The van der Waals surface area contributed by atoms with E-state index in [0.717, 1.165) is 23.6 Å². The van der Waals surface area contributed by atoms with Gasteiger partial charge in [-0.2, -0.15) is 4.37 Å². The summed E-state index contributed by atoms with van der Waals surface area (Å²) in [4.78, 5) is 38.2. The van der Waals surface area contributed by atoms with Crippen molar-refractivity contribution in [1.82, 2.24) is 23.8 Å². The van der Waals surface area contributed by atoms with Gasteiger partial charge in [-0.3, -0.25) is 14.5 Å². The molecule has 5 rings (SSSR count). The van der Waals surface area contributed by atoms with Crippen molar-refractivity contribution in [2.75, 3.05) is 18.0 Å². The van der Waals surface area contributed by atoms with E-state index in [-0.39, 0.29) is 17.6 Å². The molecule has 0 radical (unpaired) electrons. The molecule has 0 bridgehead atoms. The maximum atomic E-state index is 13.7. The molecule has 2 aromatic heterocycles. The van der Waals surface area contributed by atoms with Crippen molar-refractivity contribution in [2.45, 2.75) is 45.4 Å². The number of anilines is 1. The molecule has 1 aromatic carbocycles. The fraction of sp³-hybridized carbons (Fsp3) is 0.409. The number of halogens is 2. The fourth-order valence-electron chi connectivity index (χ4n) is 4.40. The van der Waals surface area contributed by atoms with E-state index in [9.17, 15) is 18.4 Å². The minimum Gasteiger partial charge on any atom is -0.328 e. The van der Waals surface area contributed by atoms with Crippen molar-refractivity contribution in [3.8, 4) is 10.8 Å². The van der Waals surface area contributed by atoms with Crippen LogP contribution in [0.5, 0.6) is 0 Å². The van der Waals surface area contributed by atoms with Crippen molar-refractivity contribution in [3.63, 3.8) is 0 Å². The Hall–Kier alpha value is -3.21. The summed E-state index contributed by atoms with van der Waals surface area (Å²) in [5, 5.41) is 0.471. The largest absolute Gasteiger partial charge is 0.328 e. The van der Waals surface area contributed by atoms with Crippen LogP contribution in [-0.2, 0) is 11.3 Å². The summed E-state index contributed by atoms with van der Waals surface area (Å²) in [5.74, 6) is 0.469. The molecule has 3 aromatic rings. The lowest BCUT2D eigenvalue weighted by Gasteiger charge is -2.36. The number of benzene rings is 1. The topological polar surface area (TPSA) is 84.2 Å². The van der Waals surface area contributed by atoms with Crippen LogP contribution in [0.25, 0.3) is 10.8 Å². The molecule has 11 heteroatoms. The Balaban J connectivity index is 1.57. The normalized spacial score (nSPS) is 19.2. The summed E-state index contributed by atoms with van der Waals surface area (Å²) in [6.07, 6.45) is -0.125. The standard InChI is InChI=1S/C22H22F2N6O2S/c1-12(23)18-25-21(33-27-18)20-26-19(29-9-3-4-16(29)31)17-13(2)28(10-11-30(17)20)22(32)14-5-7-15(24)8-6-14/h5-8,12-13H,3-4,9-11H2,1-2H3/t12-,13-/m0/s1. The average Bonchev–Trinajstić information content (AvgIpc) is 3.52. The Bertz CT molecular complexity index is 1220. The summed E-state index contributed by atoms with van der Waals surface area (Å²) >= 11 is 1.06. The number of hydrogen-bond donors (Lipinski definition) is 0. The Kier molecular flexibility index (Phi) is 5.43. The van der Waals surface area contributed by atoms with Gasteiger partial charge >= 0.3 is 0 Å². The van der Waals surface area contributed by atoms with Gasteiger partial charge < -0.3 is 9.47 Å². The van der Waals surface area contributed by atoms with Gasteiger partial charge in [0.15, 0.2) is 28.6 Å². The third-order valence-electron chi connectivity index (χ3n) is 6.09. The zero-order valence-electron chi connectivity index (χ0n) is 18.2. The molecule has 172 valence electrons. The molecule has 1 saturated heterocycles. The van der Waals surface area contributed by atoms with Crippen molar-refractivity contribution in [1.29, 1.82) is 0 Å². The second-order valence-electron chi connectivity index (χ2n) is 8.20. The molecule has 4 heterocycles. The molecule has 0 unspecified atom stereocenters. The maximum Gasteiger partial charge on any atom is 0.254 e. The van der Waals surface area contributed by atoms with Crippen LogP contribution in [-0.4, -0.2) is 48.7 Å². The number of carbonyl (C=O) groups excluding carboxylic acids is 2. The minimum absolute atomic E-state index is 0.0213. The molecule has 1 fully saturated rings. The third kappa shape index (κ3) is 3.69. The number of aromatic nitrogens is 4. The molecule has 0 spiro atoms. The van der Waals surface area contributed by atoms with Crippen molar-refractivity contribution in [2.24, 2.45) is 0 Å². The number of rotatable bonds is 4. The first-order valence-electron chi connectivity index (χ1n) is 10.8. The highest BCUT2D eigenvalue weighted by atomic mass is 32.1. The predicted octanol–water partition coefficient (Wildman–Crippen LogP) is 3.92. The van der Waals surface area contributed by atoms with Crippen LogP contribution in [0.15, 0.2) is 24.3 Å². The highest BCUT2D eigenvalue weighted by Crippen LogP contribution is 2.39. The van der Waals surface area contributed by atoms with Gasteiger partial charge in [-0.15, -0.1) is 0 Å². The lowest BCUT2D eigenvalue weighted by molar-refractivity contribution is -0.117. The molecule has 0 N–H and O–H groups in total. The summed E-state index contributed by atoms with van der Waals surface area (Å²) in [7, 11) is 0. The molecule has 2 aliphatic heterocycles. The van der Waals surface area contributed by atoms with Gasteiger partial charge in [0, 0.05) is 31.6 Å². The quantitative estimate of drug-likeness (QED) is 0.575. The number of amides is 2. The van der Waals surface area contributed by atoms with Gasteiger partial charge in [0.2, 0.25) is 5.91 Å². The molecular formula is C22H22F2N6O2S. The molecule has 33 heavy (non-hydrogen) atoms.